The Hall–Kier alpha value is -1.03. The summed E-state index contributed by atoms with van der Waals surface area (Å²) in [5, 5.41) is 3.30. The third-order valence-corrected chi connectivity index (χ3v) is 4.57. The molecule has 2 rings (SSSR count). The van der Waals surface area contributed by atoms with Gasteiger partial charge in [0.1, 0.15) is 0 Å². The van der Waals surface area contributed by atoms with Gasteiger partial charge in [-0.3, -0.25) is 0 Å². The molecule has 1 aromatic carbocycles. The number of nitrogens with one attached hydrogen (secondary N) is 1. The zero-order valence-electron chi connectivity index (χ0n) is 12.5. The highest BCUT2D eigenvalue weighted by atomic mass is 19.4. The molecule has 0 amide bonds. The number of hydrogen-bond acceptors (Lipinski definition) is 1. The second kappa shape index (κ2) is 7.30. The van der Waals surface area contributed by atoms with Crippen LogP contribution in [0.25, 0.3) is 0 Å². The molecule has 4 heteroatoms. The van der Waals surface area contributed by atoms with E-state index >= 15 is 0 Å². The van der Waals surface area contributed by atoms with Gasteiger partial charge >= 0.3 is 6.18 Å². The zero-order valence-corrected chi connectivity index (χ0v) is 12.5. The van der Waals surface area contributed by atoms with Crippen molar-refractivity contribution >= 4 is 0 Å². The first-order chi connectivity index (χ1) is 9.99. The Kier molecular flexibility index (Phi) is 5.68. The second-order valence-corrected chi connectivity index (χ2v) is 6.11. The average Bonchev–Trinajstić information content (AvgIpc) is 2.96. The van der Waals surface area contributed by atoms with E-state index in [9.17, 15) is 13.2 Å². The Morgan fingerprint density at radius 3 is 2.29 bits per heavy atom. The lowest BCUT2D eigenvalue weighted by Crippen LogP contribution is -2.28. The summed E-state index contributed by atoms with van der Waals surface area (Å²) in [4.78, 5) is 0. The van der Waals surface area contributed by atoms with Crippen LogP contribution in [-0.4, -0.2) is 13.1 Å². The number of benzene rings is 1. The molecular weight excluding hydrogens is 275 g/mol. The Balaban J connectivity index is 1.85. The van der Waals surface area contributed by atoms with Gasteiger partial charge in [-0.1, -0.05) is 37.8 Å². The highest BCUT2D eigenvalue weighted by Gasteiger charge is 2.30. The summed E-state index contributed by atoms with van der Waals surface area (Å²) >= 11 is 0. The quantitative estimate of drug-likeness (QED) is 0.795. The summed E-state index contributed by atoms with van der Waals surface area (Å²) in [6, 6.07) is 5.91. The predicted octanol–water partition coefficient (Wildman–Crippen LogP) is 4.81. The monoisotopic (exact) mass is 299 g/mol. The van der Waals surface area contributed by atoms with Crippen molar-refractivity contribution in [2.45, 2.75) is 57.2 Å². The van der Waals surface area contributed by atoms with Crippen LogP contribution in [0.15, 0.2) is 24.3 Å². The maximum atomic E-state index is 12.5. The number of halogens is 3. The van der Waals surface area contributed by atoms with Crippen molar-refractivity contribution in [3.63, 3.8) is 0 Å². The van der Waals surface area contributed by atoms with Gasteiger partial charge < -0.3 is 5.32 Å². The molecule has 0 aromatic heterocycles. The molecule has 1 nitrogen and oxygen atoms in total. The van der Waals surface area contributed by atoms with Gasteiger partial charge in [-0.25, -0.2) is 0 Å². The standard InChI is InChI=1S/C17H24F3N/c1-21-16(11-8-13-4-2-3-5-13)12-14-6-9-15(10-7-14)17(18,19)20/h6-7,9-10,13,16,21H,2-5,8,11-12H2,1H3. The van der Waals surface area contributed by atoms with E-state index in [1.807, 2.05) is 7.05 Å². The van der Waals surface area contributed by atoms with Gasteiger partial charge in [0.25, 0.3) is 0 Å². The first kappa shape index (κ1) is 16.3. The molecule has 21 heavy (non-hydrogen) atoms. The lowest BCUT2D eigenvalue weighted by molar-refractivity contribution is -0.137. The first-order valence-corrected chi connectivity index (χ1v) is 7.82. The van der Waals surface area contributed by atoms with E-state index in [1.165, 1.54) is 44.2 Å². The molecule has 0 radical (unpaired) electrons. The van der Waals surface area contributed by atoms with Crippen molar-refractivity contribution in [2.75, 3.05) is 7.05 Å². The summed E-state index contributed by atoms with van der Waals surface area (Å²) in [6.07, 6.45) is 4.27. The SMILES string of the molecule is CNC(CCC1CCCC1)Cc1ccc(C(F)(F)F)cc1. The van der Waals surface area contributed by atoms with Crippen molar-refractivity contribution in [3.8, 4) is 0 Å². The van der Waals surface area contributed by atoms with Gasteiger partial charge in [0.2, 0.25) is 0 Å². The van der Waals surface area contributed by atoms with E-state index in [1.54, 1.807) is 12.1 Å². The van der Waals surface area contributed by atoms with Crippen molar-refractivity contribution in [1.82, 2.24) is 5.32 Å². The third kappa shape index (κ3) is 5.03. The van der Waals surface area contributed by atoms with Crippen LogP contribution in [0.2, 0.25) is 0 Å². The topological polar surface area (TPSA) is 12.0 Å². The van der Waals surface area contributed by atoms with Gasteiger partial charge in [-0.15, -0.1) is 0 Å². The zero-order chi connectivity index (χ0) is 15.3. The normalized spacial score (nSPS) is 18.1. The van der Waals surface area contributed by atoms with E-state index < -0.39 is 11.7 Å². The highest BCUT2D eigenvalue weighted by Crippen LogP contribution is 2.30. The molecule has 1 aliphatic carbocycles. The highest BCUT2D eigenvalue weighted by molar-refractivity contribution is 5.25. The minimum atomic E-state index is -4.25. The van der Waals surface area contributed by atoms with Crippen LogP contribution >= 0.6 is 0 Å². The minimum absolute atomic E-state index is 0.349. The van der Waals surface area contributed by atoms with E-state index in [0.717, 1.165) is 24.3 Å². The molecule has 0 aliphatic heterocycles. The first-order valence-electron chi connectivity index (χ1n) is 7.82. The summed E-state index contributed by atoms with van der Waals surface area (Å²) in [6.45, 7) is 0. The van der Waals surface area contributed by atoms with Crippen molar-refractivity contribution in [3.05, 3.63) is 35.4 Å². The number of alkyl halides is 3. The Bertz CT molecular complexity index is 419. The van der Waals surface area contributed by atoms with Crippen molar-refractivity contribution < 1.29 is 13.2 Å². The van der Waals surface area contributed by atoms with Crippen molar-refractivity contribution in [2.24, 2.45) is 5.92 Å². The number of likely N-dealkylation sites (N-methyl/N-ethyl adjacent to an activating group) is 1. The van der Waals surface area contributed by atoms with E-state index in [-0.39, 0.29) is 0 Å². The molecule has 1 atom stereocenters. The van der Waals surface area contributed by atoms with Gasteiger partial charge in [0.05, 0.1) is 5.56 Å². The lowest BCUT2D eigenvalue weighted by atomic mass is 9.95. The molecule has 1 aliphatic rings. The predicted molar refractivity (Wildman–Crippen MR) is 79.2 cm³/mol. The summed E-state index contributed by atoms with van der Waals surface area (Å²) in [5.41, 5.74) is 0.395. The lowest BCUT2D eigenvalue weighted by Gasteiger charge is -2.19. The molecular formula is C17H24F3N. The van der Waals surface area contributed by atoms with E-state index in [4.69, 9.17) is 0 Å². The molecule has 1 N–H and O–H groups in total. The van der Waals surface area contributed by atoms with Gasteiger partial charge in [-0.05, 0) is 49.9 Å². The summed E-state index contributed by atoms with van der Waals surface area (Å²) in [5.74, 6) is 0.855. The molecule has 0 saturated heterocycles. The van der Waals surface area contributed by atoms with Crippen LogP contribution in [0, 0.1) is 5.92 Å². The van der Waals surface area contributed by atoms with Crippen LogP contribution < -0.4 is 5.32 Å². The average molecular weight is 299 g/mol. The second-order valence-electron chi connectivity index (χ2n) is 6.11. The van der Waals surface area contributed by atoms with Crippen LogP contribution in [0.4, 0.5) is 13.2 Å². The molecule has 118 valence electrons. The number of rotatable bonds is 6. The minimum Gasteiger partial charge on any atom is -0.317 e. The summed E-state index contributed by atoms with van der Waals surface area (Å²) in [7, 11) is 1.93. The van der Waals surface area contributed by atoms with Gasteiger partial charge in [0.15, 0.2) is 0 Å². The molecule has 1 saturated carbocycles. The molecule has 1 aromatic rings. The van der Waals surface area contributed by atoms with E-state index in [0.29, 0.717) is 6.04 Å². The number of hydrogen-bond donors (Lipinski definition) is 1. The molecule has 0 heterocycles. The van der Waals surface area contributed by atoms with Crippen LogP contribution in [0.1, 0.15) is 49.7 Å². The molecule has 1 fully saturated rings. The smallest absolute Gasteiger partial charge is 0.317 e. The van der Waals surface area contributed by atoms with Crippen LogP contribution in [-0.2, 0) is 12.6 Å². The Morgan fingerprint density at radius 1 is 1.14 bits per heavy atom. The largest absolute Gasteiger partial charge is 0.416 e. The Morgan fingerprint density at radius 2 is 1.76 bits per heavy atom. The maximum absolute atomic E-state index is 12.5. The third-order valence-electron chi connectivity index (χ3n) is 4.57. The summed E-state index contributed by atoms with van der Waals surface area (Å²) < 4.78 is 37.6. The van der Waals surface area contributed by atoms with Gasteiger partial charge in [0, 0.05) is 6.04 Å². The van der Waals surface area contributed by atoms with Crippen LogP contribution in [0.3, 0.4) is 0 Å². The molecule has 1 unspecified atom stereocenters. The van der Waals surface area contributed by atoms with Crippen LogP contribution in [0.5, 0.6) is 0 Å². The van der Waals surface area contributed by atoms with E-state index in [2.05, 4.69) is 5.32 Å². The molecule has 0 spiro atoms. The van der Waals surface area contributed by atoms with Gasteiger partial charge in [-0.2, -0.15) is 13.2 Å². The maximum Gasteiger partial charge on any atom is 0.416 e. The fourth-order valence-electron chi connectivity index (χ4n) is 3.20. The Labute approximate surface area is 124 Å². The fraction of sp³-hybridized carbons (Fsp3) is 0.647. The molecule has 0 bridgehead atoms. The fourth-order valence-corrected chi connectivity index (χ4v) is 3.20. The van der Waals surface area contributed by atoms with Crippen molar-refractivity contribution in [1.29, 1.82) is 0 Å².